The van der Waals surface area contributed by atoms with Gasteiger partial charge in [0, 0.05) is 44.8 Å². The predicted molar refractivity (Wildman–Crippen MR) is 126 cm³/mol. The average molecular weight is 485 g/mol. The molecule has 3 rings (SSSR count). The zero-order valence-electron chi connectivity index (χ0n) is 17.3. The molecule has 2 aromatic carbocycles. The topological polar surface area (TPSA) is 81.8 Å². The van der Waals surface area contributed by atoms with Crippen molar-refractivity contribution in [2.45, 2.75) is 6.54 Å². The van der Waals surface area contributed by atoms with Crippen LogP contribution in [0.15, 0.2) is 42.5 Å². The minimum Gasteiger partial charge on any atom is -0.351 e. The second kappa shape index (κ2) is 10.7. The third-order valence-electron chi connectivity index (χ3n) is 5.09. The van der Waals surface area contributed by atoms with Crippen molar-refractivity contribution in [1.82, 2.24) is 15.5 Å². The van der Waals surface area contributed by atoms with E-state index in [0.717, 1.165) is 39.0 Å². The monoisotopic (exact) mass is 484 g/mol. The summed E-state index contributed by atoms with van der Waals surface area (Å²) in [7, 11) is -3.59. The summed E-state index contributed by atoms with van der Waals surface area (Å²) >= 11 is 12.3. The van der Waals surface area contributed by atoms with Gasteiger partial charge in [0.2, 0.25) is 10.0 Å². The Morgan fingerprint density at radius 1 is 1.13 bits per heavy atom. The molecule has 168 valence electrons. The first kappa shape index (κ1) is 23.8. The molecular weight excluding hydrogens is 459 g/mol. The maximum atomic E-state index is 12.4. The third-order valence-corrected chi connectivity index (χ3v) is 7.09. The number of nitrogens with zero attached hydrogens (tertiary/aromatic N) is 2. The van der Waals surface area contributed by atoms with E-state index in [2.05, 4.69) is 15.5 Å². The van der Waals surface area contributed by atoms with E-state index in [1.807, 2.05) is 0 Å². The normalized spacial score (nSPS) is 14.9. The van der Waals surface area contributed by atoms with Gasteiger partial charge in [-0.05, 0) is 35.9 Å². The second-order valence-electron chi connectivity index (χ2n) is 7.38. The number of piperazine rings is 1. The molecular formula is C21H26Cl2N4O3S. The molecule has 0 radical (unpaired) electrons. The summed E-state index contributed by atoms with van der Waals surface area (Å²) in [6.45, 7) is 5.27. The Balaban J connectivity index is 1.66. The van der Waals surface area contributed by atoms with Gasteiger partial charge in [0.15, 0.2) is 0 Å². The van der Waals surface area contributed by atoms with Gasteiger partial charge in [-0.2, -0.15) is 0 Å². The lowest BCUT2D eigenvalue weighted by molar-refractivity contribution is 0.0947. The van der Waals surface area contributed by atoms with E-state index in [1.54, 1.807) is 42.5 Å². The second-order valence-corrected chi connectivity index (χ2v) is 10.1. The molecule has 2 aromatic rings. The summed E-state index contributed by atoms with van der Waals surface area (Å²) in [4.78, 5) is 14.7. The predicted octanol–water partition coefficient (Wildman–Crippen LogP) is 2.59. The number of carbonyl (C=O) groups excluding carboxylic acids is 1. The SMILES string of the molecule is CS(=O)(=O)N(Cc1cccc(Cl)c1Cl)c1ccc(C(=O)NCCN2CCNCC2)cc1. The van der Waals surface area contributed by atoms with Crippen molar-refractivity contribution >= 4 is 44.8 Å². The minimum atomic E-state index is -3.59. The number of hydrogen-bond acceptors (Lipinski definition) is 5. The van der Waals surface area contributed by atoms with Crippen molar-refractivity contribution in [3.63, 3.8) is 0 Å². The largest absolute Gasteiger partial charge is 0.351 e. The van der Waals surface area contributed by atoms with Crippen LogP contribution in [0.2, 0.25) is 10.0 Å². The quantitative estimate of drug-likeness (QED) is 0.601. The van der Waals surface area contributed by atoms with Gasteiger partial charge in [-0.3, -0.25) is 14.0 Å². The number of halogens is 2. The summed E-state index contributed by atoms with van der Waals surface area (Å²) in [5.41, 5.74) is 1.50. The van der Waals surface area contributed by atoms with Crippen molar-refractivity contribution in [2.24, 2.45) is 0 Å². The van der Waals surface area contributed by atoms with Crippen molar-refractivity contribution in [3.05, 3.63) is 63.6 Å². The molecule has 1 amide bonds. The van der Waals surface area contributed by atoms with Crippen LogP contribution in [0.5, 0.6) is 0 Å². The standard InChI is InChI=1S/C21H26Cl2N4O3S/c1-31(29,30)27(15-17-3-2-4-19(22)20(17)23)18-7-5-16(6-8-18)21(28)25-11-14-26-12-9-24-10-13-26/h2-8,24H,9-15H2,1H3,(H,25,28). The molecule has 1 aliphatic rings. The van der Waals surface area contributed by atoms with Crippen LogP contribution >= 0.6 is 23.2 Å². The molecule has 10 heteroatoms. The smallest absolute Gasteiger partial charge is 0.251 e. The van der Waals surface area contributed by atoms with E-state index in [1.165, 1.54) is 4.31 Å². The van der Waals surface area contributed by atoms with E-state index >= 15 is 0 Å². The number of rotatable bonds is 8. The molecule has 0 bridgehead atoms. The Bertz CT molecular complexity index is 1010. The molecule has 0 spiro atoms. The third kappa shape index (κ3) is 6.57. The van der Waals surface area contributed by atoms with Crippen molar-refractivity contribution in [2.75, 3.05) is 49.8 Å². The van der Waals surface area contributed by atoms with Crippen LogP contribution in [0.1, 0.15) is 15.9 Å². The molecule has 2 N–H and O–H groups in total. The Morgan fingerprint density at radius 2 is 1.81 bits per heavy atom. The Morgan fingerprint density at radius 3 is 2.45 bits per heavy atom. The van der Waals surface area contributed by atoms with Crippen LogP contribution in [-0.4, -0.2) is 64.7 Å². The molecule has 1 heterocycles. The molecule has 1 aliphatic heterocycles. The average Bonchev–Trinajstić information content (AvgIpc) is 2.75. The van der Waals surface area contributed by atoms with Crippen LogP contribution in [0.3, 0.4) is 0 Å². The highest BCUT2D eigenvalue weighted by Crippen LogP contribution is 2.29. The molecule has 0 aromatic heterocycles. The summed E-state index contributed by atoms with van der Waals surface area (Å²) in [5.74, 6) is -0.189. The van der Waals surface area contributed by atoms with Gasteiger partial charge in [0.25, 0.3) is 5.91 Å². The van der Waals surface area contributed by atoms with Crippen molar-refractivity contribution in [1.29, 1.82) is 0 Å². The molecule has 1 saturated heterocycles. The maximum Gasteiger partial charge on any atom is 0.251 e. The number of nitrogens with one attached hydrogen (secondary N) is 2. The van der Waals surface area contributed by atoms with Crippen molar-refractivity contribution < 1.29 is 13.2 Å². The number of sulfonamides is 1. The first-order valence-electron chi connectivity index (χ1n) is 9.97. The molecule has 7 nitrogen and oxygen atoms in total. The van der Waals surface area contributed by atoms with E-state index in [-0.39, 0.29) is 12.5 Å². The van der Waals surface area contributed by atoms with Gasteiger partial charge < -0.3 is 10.6 Å². The zero-order valence-corrected chi connectivity index (χ0v) is 19.6. The van der Waals surface area contributed by atoms with Crippen LogP contribution in [-0.2, 0) is 16.6 Å². The molecule has 0 saturated carbocycles. The maximum absolute atomic E-state index is 12.4. The summed E-state index contributed by atoms with van der Waals surface area (Å²) in [6.07, 6.45) is 1.13. The van der Waals surface area contributed by atoms with Gasteiger partial charge in [-0.25, -0.2) is 8.42 Å². The lowest BCUT2D eigenvalue weighted by Crippen LogP contribution is -2.46. The molecule has 0 atom stereocenters. The minimum absolute atomic E-state index is 0.0362. The first-order chi connectivity index (χ1) is 14.8. The molecule has 1 fully saturated rings. The Hall–Kier alpha value is -1.84. The number of anilines is 1. The van der Waals surface area contributed by atoms with E-state index in [9.17, 15) is 13.2 Å². The number of amides is 1. The lowest BCUT2D eigenvalue weighted by Gasteiger charge is -2.27. The fraction of sp³-hybridized carbons (Fsp3) is 0.381. The summed E-state index contributed by atoms with van der Waals surface area (Å²) in [5, 5.41) is 6.89. The number of hydrogen-bond donors (Lipinski definition) is 2. The van der Waals surface area contributed by atoms with Crippen molar-refractivity contribution in [3.8, 4) is 0 Å². The lowest BCUT2D eigenvalue weighted by atomic mass is 10.1. The Kier molecular flexibility index (Phi) is 8.18. The van der Waals surface area contributed by atoms with Gasteiger partial charge in [0.05, 0.1) is 28.5 Å². The van der Waals surface area contributed by atoms with E-state index in [4.69, 9.17) is 23.2 Å². The van der Waals surface area contributed by atoms with E-state index < -0.39 is 10.0 Å². The first-order valence-corrected chi connectivity index (χ1v) is 12.6. The number of benzene rings is 2. The van der Waals surface area contributed by atoms with Gasteiger partial charge in [-0.1, -0.05) is 35.3 Å². The highest BCUT2D eigenvalue weighted by Gasteiger charge is 2.20. The summed E-state index contributed by atoms with van der Waals surface area (Å²) in [6, 6.07) is 11.6. The highest BCUT2D eigenvalue weighted by molar-refractivity contribution is 7.92. The van der Waals surface area contributed by atoms with Crippen LogP contribution in [0.25, 0.3) is 0 Å². The zero-order chi connectivity index (χ0) is 22.4. The molecule has 0 aliphatic carbocycles. The fourth-order valence-electron chi connectivity index (χ4n) is 3.37. The van der Waals surface area contributed by atoms with Crippen LogP contribution in [0, 0.1) is 0 Å². The fourth-order valence-corrected chi connectivity index (χ4v) is 4.63. The van der Waals surface area contributed by atoms with Gasteiger partial charge in [-0.15, -0.1) is 0 Å². The van der Waals surface area contributed by atoms with Crippen LogP contribution < -0.4 is 14.9 Å². The molecule has 31 heavy (non-hydrogen) atoms. The Labute approximate surface area is 193 Å². The van der Waals surface area contributed by atoms with Gasteiger partial charge in [0.1, 0.15) is 0 Å². The van der Waals surface area contributed by atoms with E-state index in [0.29, 0.717) is 33.4 Å². The van der Waals surface area contributed by atoms with Gasteiger partial charge >= 0.3 is 0 Å². The highest BCUT2D eigenvalue weighted by atomic mass is 35.5. The number of carbonyl (C=O) groups is 1. The summed E-state index contributed by atoms with van der Waals surface area (Å²) < 4.78 is 26.0. The van der Waals surface area contributed by atoms with Crippen LogP contribution in [0.4, 0.5) is 5.69 Å². The molecule has 0 unspecified atom stereocenters.